The van der Waals surface area contributed by atoms with Gasteiger partial charge in [-0.2, -0.15) is 8.78 Å². The second-order valence-electron chi connectivity index (χ2n) is 8.41. The van der Waals surface area contributed by atoms with Crippen molar-refractivity contribution in [1.82, 2.24) is 4.90 Å². The lowest BCUT2D eigenvalue weighted by Gasteiger charge is -2.22. The van der Waals surface area contributed by atoms with Crippen molar-refractivity contribution in [3.05, 3.63) is 83.4 Å². The third-order valence-electron chi connectivity index (χ3n) is 5.90. The zero-order chi connectivity index (χ0) is 23.8. The third-order valence-corrected chi connectivity index (χ3v) is 5.90. The summed E-state index contributed by atoms with van der Waals surface area (Å²) in [4.78, 5) is 24.3. The first-order valence-corrected chi connectivity index (χ1v) is 11.2. The van der Waals surface area contributed by atoms with Crippen molar-refractivity contribution < 1.29 is 28.6 Å². The Hall–Kier alpha value is -3.06. The Morgan fingerprint density at radius 2 is 1.73 bits per heavy atom. The molecule has 0 radical (unpaired) electrons. The van der Waals surface area contributed by atoms with Crippen LogP contribution < -0.4 is 0 Å². The number of carbonyl (C=O) groups is 2. The number of aromatic carboxylic acids is 1. The molecular formula is C26H29F2NO4. The van der Waals surface area contributed by atoms with Crippen LogP contribution in [0.3, 0.4) is 0 Å². The molecular weight excluding hydrogens is 428 g/mol. The molecule has 1 aliphatic rings. The maximum absolute atomic E-state index is 14.1. The van der Waals surface area contributed by atoms with Crippen LogP contribution in [-0.2, 0) is 17.6 Å². The topological polar surface area (TPSA) is 77.8 Å². The smallest absolute Gasteiger partial charge is 0.335 e. The van der Waals surface area contributed by atoms with E-state index in [1.165, 1.54) is 29.8 Å². The van der Waals surface area contributed by atoms with Gasteiger partial charge in [-0.25, -0.2) is 4.79 Å². The lowest BCUT2D eigenvalue weighted by atomic mass is 10.0. The lowest BCUT2D eigenvalue weighted by molar-refractivity contribution is -0.148. The molecule has 1 aliphatic heterocycles. The summed E-state index contributed by atoms with van der Waals surface area (Å²) in [6, 6.07) is 15.4. The third kappa shape index (κ3) is 6.96. The van der Waals surface area contributed by atoms with E-state index in [4.69, 9.17) is 5.11 Å². The van der Waals surface area contributed by atoms with E-state index in [2.05, 4.69) is 12.1 Å². The number of nitrogens with zero attached hydrogens (tertiary/aromatic N) is 1. The molecule has 33 heavy (non-hydrogen) atoms. The second kappa shape index (κ2) is 11.2. The van der Waals surface area contributed by atoms with E-state index in [9.17, 15) is 23.5 Å². The number of hydrogen-bond donors (Lipinski definition) is 2. The summed E-state index contributed by atoms with van der Waals surface area (Å²) in [6.07, 6.45) is 5.14. The molecule has 2 atom stereocenters. The molecule has 0 bridgehead atoms. The molecule has 0 spiro atoms. The average Bonchev–Trinajstić information content (AvgIpc) is 3.02. The van der Waals surface area contributed by atoms with Crippen molar-refractivity contribution >= 4 is 11.9 Å². The van der Waals surface area contributed by atoms with Crippen LogP contribution in [0.15, 0.2) is 66.7 Å². The van der Waals surface area contributed by atoms with Gasteiger partial charge < -0.3 is 15.1 Å². The Balaban J connectivity index is 1.51. The maximum atomic E-state index is 14.1. The van der Waals surface area contributed by atoms with Gasteiger partial charge in [0.05, 0.1) is 17.7 Å². The number of aryl methyl sites for hydroxylation is 1. The highest BCUT2D eigenvalue weighted by molar-refractivity contribution is 5.87. The zero-order valence-electron chi connectivity index (χ0n) is 18.4. The molecule has 2 aromatic carbocycles. The van der Waals surface area contributed by atoms with Crippen LogP contribution in [-0.4, -0.2) is 51.6 Å². The number of unbranched alkanes of at least 4 members (excludes halogenated alkanes) is 1. The number of halogens is 2. The van der Waals surface area contributed by atoms with Crippen LogP contribution in [0.1, 0.15) is 47.2 Å². The quantitative estimate of drug-likeness (QED) is 0.385. The Morgan fingerprint density at radius 1 is 1.06 bits per heavy atom. The molecule has 1 fully saturated rings. The number of aliphatic hydroxyl groups is 1. The summed E-state index contributed by atoms with van der Waals surface area (Å²) in [6.45, 7) is 0.0863. The Bertz CT molecular complexity index is 960. The SMILES string of the molecule is O=C(O)c1ccc(CCN2C(=O)C(F)(F)CC2C=CC(O)CCCCc2ccccc2)cc1. The fourth-order valence-electron chi connectivity index (χ4n) is 4.00. The average molecular weight is 458 g/mol. The molecule has 1 amide bonds. The van der Waals surface area contributed by atoms with Gasteiger partial charge in [0.2, 0.25) is 0 Å². The van der Waals surface area contributed by atoms with E-state index in [0.29, 0.717) is 12.8 Å². The molecule has 1 saturated heterocycles. The summed E-state index contributed by atoms with van der Waals surface area (Å²) < 4.78 is 28.2. The minimum Gasteiger partial charge on any atom is -0.478 e. The van der Waals surface area contributed by atoms with Crippen LogP contribution in [0.25, 0.3) is 0 Å². The summed E-state index contributed by atoms with van der Waals surface area (Å²) in [5, 5.41) is 19.2. The summed E-state index contributed by atoms with van der Waals surface area (Å²) in [5.41, 5.74) is 2.13. The van der Waals surface area contributed by atoms with Crippen molar-refractivity contribution in [2.75, 3.05) is 6.54 Å². The van der Waals surface area contributed by atoms with E-state index in [0.717, 1.165) is 29.7 Å². The normalized spacial score (nSPS) is 18.7. The summed E-state index contributed by atoms with van der Waals surface area (Å²) >= 11 is 0. The number of hydrogen-bond acceptors (Lipinski definition) is 3. The number of rotatable bonds is 11. The van der Waals surface area contributed by atoms with Crippen molar-refractivity contribution in [2.24, 2.45) is 0 Å². The summed E-state index contributed by atoms with van der Waals surface area (Å²) in [5.74, 6) is -5.68. The van der Waals surface area contributed by atoms with Gasteiger partial charge in [0.1, 0.15) is 0 Å². The molecule has 7 heteroatoms. The van der Waals surface area contributed by atoms with Gasteiger partial charge in [-0.3, -0.25) is 4.79 Å². The van der Waals surface area contributed by atoms with Crippen LogP contribution in [0.5, 0.6) is 0 Å². The number of likely N-dealkylation sites (tertiary alicyclic amines) is 1. The molecule has 3 rings (SSSR count). The number of amides is 1. The van der Waals surface area contributed by atoms with E-state index >= 15 is 0 Å². The molecule has 2 aromatic rings. The minimum absolute atomic E-state index is 0.0863. The second-order valence-corrected chi connectivity index (χ2v) is 8.41. The van der Waals surface area contributed by atoms with Gasteiger partial charge in [0.25, 0.3) is 5.91 Å². The van der Waals surface area contributed by atoms with Crippen molar-refractivity contribution in [3.63, 3.8) is 0 Å². The van der Waals surface area contributed by atoms with E-state index in [1.807, 2.05) is 18.2 Å². The van der Waals surface area contributed by atoms with Gasteiger partial charge in [-0.05, 0) is 48.9 Å². The number of aliphatic hydroxyl groups excluding tert-OH is 1. The predicted octanol–water partition coefficient (Wildman–Crippen LogP) is 4.49. The fourth-order valence-corrected chi connectivity index (χ4v) is 4.00. The first kappa shape index (κ1) is 24.6. The molecule has 0 saturated carbocycles. The molecule has 2 N–H and O–H groups in total. The number of benzene rings is 2. The molecule has 2 unspecified atom stereocenters. The highest BCUT2D eigenvalue weighted by Gasteiger charge is 2.52. The molecule has 1 heterocycles. The fraction of sp³-hybridized carbons (Fsp3) is 0.385. The maximum Gasteiger partial charge on any atom is 0.335 e. The van der Waals surface area contributed by atoms with Gasteiger partial charge in [-0.15, -0.1) is 0 Å². The first-order valence-electron chi connectivity index (χ1n) is 11.2. The van der Waals surface area contributed by atoms with E-state index in [-0.39, 0.29) is 12.1 Å². The Kier molecular flexibility index (Phi) is 8.33. The van der Waals surface area contributed by atoms with Crippen LogP contribution in [0, 0.1) is 0 Å². The molecule has 0 aromatic heterocycles. The summed E-state index contributed by atoms with van der Waals surface area (Å²) in [7, 11) is 0. The van der Waals surface area contributed by atoms with Crippen LogP contribution >= 0.6 is 0 Å². The number of alkyl halides is 2. The van der Waals surface area contributed by atoms with Gasteiger partial charge in [0.15, 0.2) is 0 Å². The minimum atomic E-state index is -3.43. The monoisotopic (exact) mass is 457 g/mol. The van der Waals surface area contributed by atoms with E-state index in [1.54, 1.807) is 12.1 Å². The first-order chi connectivity index (χ1) is 15.8. The Morgan fingerprint density at radius 3 is 2.39 bits per heavy atom. The standard InChI is InChI=1S/C26H29F2NO4/c27-26(28)18-22(14-15-23(30)9-5-4-8-19-6-2-1-3-7-19)29(25(26)33)17-16-20-10-12-21(13-11-20)24(31)32/h1-3,6-7,10-15,22-23,30H,4-5,8-9,16-18H2,(H,31,32). The lowest BCUT2D eigenvalue weighted by Crippen LogP contribution is -2.37. The molecule has 5 nitrogen and oxygen atoms in total. The van der Waals surface area contributed by atoms with Gasteiger partial charge in [-0.1, -0.05) is 61.0 Å². The van der Waals surface area contributed by atoms with Gasteiger partial charge >= 0.3 is 11.9 Å². The highest BCUT2D eigenvalue weighted by atomic mass is 19.3. The number of carbonyl (C=O) groups excluding carboxylic acids is 1. The zero-order valence-corrected chi connectivity index (χ0v) is 18.4. The van der Waals surface area contributed by atoms with Crippen molar-refractivity contribution in [1.29, 1.82) is 0 Å². The van der Waals surface area contributed by atoms with Gasteiger partial charge in [0, 0.05) is 13.0 Å². The molecule has 0 aliphatic carbocycles. The van der Waals surface area contributed by atoms with Crippen molar-refractivity contribution in [3.8, 4) is 0 Å². The highest BCUT2D eigenvalue weighted by Crippen LogP contribution is 2.34. The Labute approximate surface area is 192 Å². The number of carboxylic acid groups (broad SMARTS) is 1. The number of carboxylic acids is 1. The van der Waals surface area contributed by atoms with Crippen LogP contribution in [0.2, 0.25) is 0 Å². The van der Waals surface area contributed by atoms with Crippen molar-refractivity contribution in [2.45, 2.75) is 56.6 Å². The van der Waals surface area contributed by atoms with Crippen LogP contribution in [0.4, 0.5) is 8.78 Å². The van der Waals surface area contributed by atoms with E-state index < -0.39 is 36.4 Å². The molecule has 176 valence electrons. The largest absolute Gasteiger partial charge is 0.478 e. The predicted molar refractivity (Wildman–Crippen MR) is 121 cm³/mol.